The van der Waals surface area contributed by atoms with Gasteiger partial charge in [0, 0.05) is 31.4 Å². The molecule has 1 aliphatic heterocycles. The van der Waals surface area contributed by atoms with Crippen molar-refractivity contribution in [1.82, 2.24) is 4.90 Å². The van der Waals surface area contributed by atoms with E-state index in [-0.39, 0.29) is 32.7 Å². The smallest absolute Gasteiger partial charge is 0.295 e. The van der Waals surface area contributed by atoms with E-state index < -0.39 is 17.7 Å². The molecular formula is C23H24Cl2N2O4. The van der Waals surface area contributed by atoms with Gasteiger partial charge in [-0.15, -0.1) is 0 Å². The zero-order valence-electron chi connectivity index (χ0n) is 17.8. The molecule has 1 saturated heterocycles. The van der Waals surface area contributed by atoms with Crippen LogP contribution in [0.2, 0.25) is 10.0 Å². The van der Waals surface area contributed by atoms with Crippen molar-refractivity contribution in [2.45, 2.75) is 19.4 Å². The van der Waals surface area contributed by atoms with Gasteiger partial charge in [-0.3, -0.25) is 9.59 Å². The standard InChI is InChI=1S/C23H24Cl2N2O4/c1-5-10-27-19(13-6-8-15(9-7-13)26(2)3)18(21(29)23(27)30)20(28)16-11-14(24)12-17(25)22(16)31-4/h6-9,11-12,19,28H,5,10H2,1-4H3/b20-18+. The maximum Gasteiger partial charge on any atom is 0.295 e. The number of nitrogens with zero attached hydrogens (tertiary/aromatic N) is 2. The van der Waals surface area contributed by atoms with Crippen molar-refractivity contribution >= 4 is 46.3 Å². The predicted octanol–water partition coefficient (Wildman–Crippen LogP) is 4.90. The van der Waals surface area contributed by atoms with Gasteiger partial charge < -0.3 is 19.6 Å². The van der Waals surface area contributed by atoms with Crippen molar-refractivity contribution in [3.05, 3.63) is 63.1 Å². The van der Waals surface area contributed by atoms with Gasteiger partial charge in [-0.05, 0) is 36.2 Å². The van der Waals surface area contributed by atoms with Crippen LogP contribution in [0, 0.1) is 0 Å². The normalized spacial score (nSPS) is 17.9. The highest BCUT2D eigenvalue weighted by Gasteiger charge is 2.46. The third-order valence-electron chi connectivity index (χ3n) is 5.20. The SMILES string of the molecule is CCCN1C(=O)C(=O)/C(=C(/O)c2cc(Cl)cc(Cl)c2OC)C1c1ccc(N(C)C)cc1. The van der Waals surface area contributed by atoms with Gasteiger partial charge in [0.15, 0.2) is 0 Å². The summed E-state index contributed by atoms with van der Waals surface area (Å²) < 4.78 is 5.33. The molecule has 1 heterocycles. The molecule has 0 aromatic heterocycles. The molecule has 6 nitrogen and oxygen atoms in total. The van der Waals surface area contributed by atoms with E-state index in [9.17, 15) is 14.7 Å². The summed E-state index contributed by atoms with van der Waals surface area (Å²) in [5, 5.41) is 11.7. The quantitative estimate of drug-likeness (QED) is 0.375. The van der Waals surface area contributed by atoms with Crippen LogP contribution in [0.5, 0.6) is 5.75 Å². The number of methoxy groups -OCH3 is 1. The maximum absolute atomic E-state index is 13.0. The molecule has 8 heteroatoms. The second-order valence-electron chi connectivity index (χ2n) is 7.45. The van der Waals surface area contributed by atoms with Crippen LogP contribution in [-0.4, -0.2) is 49.4 Å². The number of benzene rings is 2. The number of amides is 1. The Morgan fingerprint density at radius 3 is 2.35 bits per heavy atom. The molecule has 1 unspecified atom stereocenters. The molecule has 0 spiro atoms. The van der Waals surface area contributed by atoms with Crippen LogP contribution in [0.25, 0.3) is 5.76 Å². The molecule has 0 bridgehead atoms. The van der Waals surface area contributed by atoms with E-state index in [2.05, 4.69) is 0 Å². The molecule has 0 radical (unpaired) electrons. The number of anilines is 1. The molecular weight excluding hydrogens is 439 g/mol. The second-order valence-corrected chi connectivity index (χ2v) is 8.29. The van der Waals surface area contributed by atoms with Crippen LogP contribution >= 0.6 is 23.2 Å². The van der Waals surface area contributed by atoms with Gasteiger partial charge in [-0.25, -0.2) is 0 Å². The Morgan fingerprint density at radius 1 is 1.16 bits per heavy atom. The summed E-state index contributed by atoms with van der Waals surface area (Å²) in [7, 11) is 5.25. The minimum Gasteiger partial charge on any atom is -0.507 e. The summed E-state index contributed by atoms with van der Waals surface area (Å²) in [6.45, 7) is 2.29. The Morgan fingerprint density at radius 2 is 1.81 bits per heavy atom. The highest BCUT2D eigenvalue weighted by atomic mass is 35.5. The van der Waals surface area contributed by atoms with Crippen LogP contribution in [0.15, 0.2) is 42.0 Å². The lowest BCUT2D eigenvalue weighted by Gasteiger charge is -2.25. The fraction of sp³-hybridized carbons (Fsp3) is 0.304. The summed E-state index contributed by atoms with van der Waals surface area (Å²) >= 11 is 12.4. The van der Waals surface area contributed by atoms with Crippen LogP contribution < -0.4 is 9.64 Å². The number of halogens is 2. The molecule has 1 fully saturated rings. The Balaban J connectivity index is 2.25. The van der Waals surface area contributed by atoms with Crippen molar-refractivity contribution in [3.63, 3.8) is 0 Å². The Hall–Kier alpha value is -2.70. The molecule has 3 rings (SSSR count). The lowest BCUT2D eigenvalue weighted by atomic mass is 9.94. The summed E-state index contributed by atoms with van der Waals surface area (Å²) in [5.74, 6) is -1.62. The van der Waals surface area contributed by atoms with Gasteiger partial charge in [-0.1, -0.05) is 42.3 Å². The number of likely N-dealkylation sites (tertiary alicyclic amines) is 1. The van der Waals surface area contributed by atoms with E-state index in [4.69, 9.17) is 27.9 Å². The number of aliphatic hydroxyl groups excluding tert-OH is 1. The first-order valence-electron chi connectivity index (χ1n) is 9.80. The number of rotatable bonds is 6. The molecule has 2 aromatic rings. The molecule has 0 saturated carbocycles. The number of ether oxygens (including phenoxy) is 1. The lowest BCUT2D eigenvalue weighted by molar-refractivity contribution is -0.139. The van der Waals surface area contributed by atoms with Gasteiger partial charge in [0.05, 0.1) is 29.3 Å². The second kappa shape index (κ2) is 9.20. The molecule has 1 atom stereocenters. The minimum atomic E-state index is -0.759. The average Bonchev–Trinajstić information content (AvgIpc) is 2.98. The molecule has 31 heavy (non-hydrogen) atoms. The van der Waals surface area contributed by atoms with Crippen molar-refractivity contribution < 1.29 is 19.4 Å². The van der Waals surface area contributed by atoms with Gasteiger partial charge in [-0.2, -0.15) is 0 Å². The van der Waals surface area contributed by atoms with Crippen LogP contribution in [0.1, 0.15) is 30.5 Å². The Kier molecular flexibility index (Phi) is 6.82. The summed E-state index contributed by atoms with van der Waals surface area (Å²) in [6, 6.07) is 9.70. The topological polar surface area (TPSA) is 70.1 Å². The Bertz CT molecular complexity index is 1050. The van der Waals surface area contributed by atoms with E-state index in [0.717, 1.165) is 5.69 Å². The highest BCUT2D eigenvalue weighted by Crippen LogP contribution is 2.43. The predicted molar refractivity (Wildman–Crippen MR) is 123 cm³/mol. The third kappa shape index (κ3) is 4.23. The van der Waals surface area contributed by atoms with E-state index in [1.807, 2.05) is 50.2 Å². The largest absolute Gasteiger partial charge is 0.507 e. The van der Waals surface area contributed by atoms with Crippen molar-refractivity contribution in [3.8, 4) is 5.75 Å². The van der Waals surface area contributed by atoms with Gasteiger partial charge >= 0.3 is 0 Å². The third-order valence-corrected chi connectivity index (χ3v) is 5.70. The molecule has 1 N–H and O–H groups in total. The zero-order valence-corrected chi connectivity index (χ0v) is 19.3. The first-order valence-corrected chi connectivity index (χ1v) is 10.6. The molecule has 1 aliphatic rings. The molecule has 1 amide bonds. The van der Waals surface area contributed by atoms with Gasteiger partial charge in [0.25, 0.3) is 11.7 Å². The van der Waals surface area contributed by atoms with Crippen LogP contribution in [-0.2, 0) is 9.59 Å². The number of ketones is 1. The summed E-state index contributed by atoms with van der Waals surface area (Å²) in [4.78, 5) is 29.3. The maximum atomic E-state index is 13.0. The average molecular weight is 463 g/mol. The van der Waals surface area contributed by atoms with Crippen molar-refractivity contribution in [1.29, 1.82) is 0 Å². The van der Waals surface area contributed by atoms with E-state index >= 15 is 0 Å². The molecule has 2 aromatic carbocycles. The highest BCUT2D eigenvalue weighted by molar-refractivity contribution is 6.46. The van der Waals surface area contributed by atoms with Crippen LogP contribution in [0.3, 0.4) is 0 Å². The fourth-order valence-electron chi connectivity index (χ4n) is 3.74. The first-order chi connectivity index (χ1) is 14.7. The number of hydrogen-bond acceptors (Lipinski definition) is 5. The summed E-state index contributed by atoms with van der Waals surface area (Å²) in [5.41, 5.74) is 1.82. The van der Waals surface area contributed by atoms with Gasteiger partial charge in [0.2, 0.25) is 0 Å². The van der Waals surface area contributed by atoms with E-state index in [1.165, 1.54) is 24.1 Å². The zero-order chi connectivity index (χ0) is 22.9. The number of hydrogen-bond donors (Lipinski definition) is 1. The minimum absolute atomic E-state index is 0.0207. The van der Waals surface area contributed by atoms with Gasteiger partial charge in [0.1, 0.15) is 11.5 Å². The number of carbonyl (C=O) groups is 2. The number of aliphatic hydroxyl groups is 1. The number of Topliss-reactive ketones (excluding diaryl/α,β-unsaturated/α-hetero) is 1. The fourth-order valence-corrected chi connectivity index (χ4v) is 4.31. The monoisotopic (exact) mass is 462 g/mol. The summed E-state index contributed by atoms with van der Waals surface area (Å²) in [6.07, 6.45) is 0.658. The molecule has 164 valence electrons. The first kappa shape index (κ1) is 23.0. The molecule has 0 aliphatic carbocycles. The van der Waals surface area contributed by atoms with Crippen molar-refractivity contribution in [2.75, 3.05) is 32.6 Å². The Labute approximate surface area is 191 Å². The van der Waals surface area contributed by atoms with E-state index in [1.54, 1.807) is 0 Å². The van der Waals surface area contributed by atoms with E-state index in [0.29, 0.717) is 18.5 Å². The van der Waals surface area contributed by atoms with Crippen molar-refractivity contribution in [2.24, 2.45) is 0 Å². The lowest BCUT2D eigenvalue weighted by Crippen LogP contribution is -2.30. The van der Waals surface area contributed by atoms with Crippen LogP contribution in [0.4, 0.5) is 5.69 Å². The number of carbonyl (C=O) groups excluding carboxylic acids is 2.